The van der Waals surface area contributed by atoms with Crippen molar-refractivity contribution in [3.8, 4) is 5.75 Å². The molecule has 2 N–H and O–H groups in total. The first-order valence-corrected chi connectivity index (χ1v) is 9.07. The molecule has 0 aliphatic heterocycles. The predicted molar refractivity (Wildman–Crippen MR) is 107 cm³/mol. The van der Waals surface area contributed by atoms with Crippen LogP contribution in [0.25, 0.3) is 11.2 Å². The van der Waals surface area contributed by atoms with Gasteiger partial charge in [-0.15, -0.1) is 0 Å². The minimum atomic E-state index is -0.998. The highest BCUT2D eigenvalue weighted by Gasteiger charge is 2.20. The van der Waals surface area contributed by atoms with Crippen molar-refractivity contribution < 1.29 is 14.6 Å². The van der Waals surface area contributed by atoms with Gasteiger partial charge in [0.1, 0.15) is 18.5 Å². The lowest BCUT2D eigenvalue weighted by Crippen LogP contribution is -2.38. The number of ether oxygens (including phenoxy) is 1. The Kier molecular flexibility index (Phi) is 5.76. The fraction of sp³-hybridized carbons (Fsp3) is 0.333. The van der Waals surface area contributed by atoms with Gasteiger partial charge in [0.15, 0.2) is 11.2 Å². The number of nitrogens with one attached hydrogen (secondary N) is 1. The molecule has 0 bridgehead atoms. The Hall–Kier alpha value is -3.11. The maximum Gasteiger partial charge on any atom is 0.332 e. The summed E-state index contributed by atoms with van der Waals surface area (Å²) in [7, 11) is 2.85. The van der Waals surface area contributed by atoms with E-state index in [9.17, 15) is 19.5 Å². The molecule has 2 aromatic heterocycles. The number of anilines is 1. The van der Waals surface area contributed by atoms with E-state index in [1.165, 1.54) is 30.2 Å². The fourth-order valence-corrected chi connectivity index (χ4v) is 3.11. The molecule has 3 aromatic rings. The Balaban J connectivity index is 1.76. The van der Waals surface area contributed by atoms with Crippen molar-refractivity contribution in [1.29, 1.82) is 0 Å². The number of aromatic nitrogens is 4. The van der Waals surface area contributed by atoms with Gasteiger partial charge in [-0.2, -0.15) is 4.98 Å². The summed E-state index contributed by atoms with van der Waals surface area (Å²) in [6, 6.07) is 6.66. The normalized spacial score (nSPS) is 12.2. The van der Waals surface area contributed by atoms with E-state index in [-0.39, 0.29) is 35.5 Å². The fourth-order valence-electron chi connectivity index (χ4n) is 2.88. The van der Waals surface area contributed by atoms with E-state index in [0.717, 1.165) is 4.57 Å². The summed E-state index contributed by atoms with van der Waals surface area (Å²) in [5.74, 6) is 0.320. The number of nitrogens with zero attached hydrogens (tertiary/aromatic N) is 4. The Labute approximate surface area is 169 Å². The summed E-state index contributed by atoms with van der Waals surface area (Å²) in [6.07, 6.45) is -0.998. The van der Waals surface area contributed by atoms with E-state index in [0.29, 0.717) is 11.4 Å². The number of carbonyl (C=O) groups is 1. The molecule has 1 atom stereocenters. The molecule has 0 saturated heterocycles. The first kappa shape index (κ1) is 20.6. The lowest BCUT2D eigenvalue weighted by Gasteiger charge is -2.14. The van der Waals surface area contributed by atoms with Crippen LogP contribution in [0.4, 0.5) is 5.69 Å². The molecule has 1 amide bonds. The first-order chi connectivity index (χ1) is 13.7. The smallest absolute Gasteiger partial charge is 0.332 e. The number of hydrogen-bond donors (Lipinski definition) is 2. The van der Waals surface area contributed by atoms with Gasteiger partial charge in [0.2, 0.25) is 11.2 Å². The Morgan fingerprint density at radius 3 is 2.52 bits per heavy atom. The van der Waals surface area contributed by atoms with Gasteiger partial charge in [0.25, 0.3) is 5.56 Å². The minimum Gasteiger partial charge on any atom is -0.491 e. The van der Waals surface area contributed by atoms with Crippen molar-refractivity contribution in [3.05, 3.63) is 50.4 Å². The van der Waals surface area contributed by atoms with Crippen LogP contribution in [0.15, 0.2) is 33.9 Å². The SMILES string of the molecule is CC(=O)Nc1ccc(OCC(O)Cn2c(Cl)nc3c2c(=O)n(C)c(=O)n3C)cc1. The second kappa shape index (κ2) is 8.10. The molecule has 3 rings (SSSR count). The van der Waals surface area contributed by atoms with Gasteiger partial charge in [-0.1, -0.05) is 0 Å². The van der Waals surface area contributed by atoms with Crippen LogP contribution in [-0.2, 0) is 25.4 Å². The maximum atomic E-state index is 12.5. The van der Waals surface area contributed by atoms with Crippen molar-refractivity contribution >= 4 is 34.4 Å². The molecule has 0 spiro atoms. The molecule has 11 heteroatoms. The molecular formula is C18H20ClN5O5. The summed E-state index contributed by atoms with van der Waals surface area (Å²) >= 11 is 6.14. The summed E-state index contributed by atoms with van der Waals surface area (Å²) in [4.78, 5) is 39.6. The number of rotatable bonds is 6. The van der Waals surface area contributed by atoms with Gasteiger partial charge in [0, 0.05) is 26.7 Å². The molecule has 2 heterocycles. The lowest BCUT2D eigenvalue weighted by molar-refractivity contribution is -0.114. The van der Waals surface area contributed by atoms with Gasteiger partial charge in [0.05, 0.1) is 6.54 Å². The van der Waals surface area contributed by atoms with Gasteiger partial charge >= 0.3 is 5.69 Å². The van der Waals surface area contributed by atoms with Gasteiger partial charge in [-0.25, -0.2) is 4.79 Å². The monoisotopic (exact) mass is 421 g/mol. The highest BCUT2D eigenvalue weighted by atomic mass is 35.5. The number of aliphatic hydroxyl groups excluding tert-OH is 1. The molecule has 29 heavy (non-hydrogen) atoms. The van der Waals surface area contributed by atoms with Crippen molar-refractivity contribution in [2.24, 2.45) is 14.1 Å². The molecule has 1 aromatic carbocycles. The molecule has 1 unspecified atom stereocenters. The van der Waals surface area contributed by atoms with Crippen molar-refractivity contribution in [1.82, 2.24) is 18.7 Å². The van der Waals surface area contributed by atoms with Crippen LogP contribution >= 0.6 is 11.6 Å². The van der Waals surface area contributed by atoms with E-state index in [4.69, 9.17) is 16.3 Å². The van der Waals surface area contributed by atoms with Crippen LogP contribution in [0.1, 0.15) is 6.92 Å². The number of aryl methyl sites for hydroxylation is 1. The Morgan fingerprint density at radius 1 is 1.24 bits per heavy atom. The van der Waals surface area contributed by atoms with Crippen LogP contribution < -0.4 is 21.3 Å². The standard InChI is InChI=1S/C18H20ClN5O5/c1-10(25)20-11-4-6-13(7-5-11)29-9-12(26)8-24-14-15(21-17(24)19)22(2)18(28)23(3)16(14)27/h4-7,12,26H,8-9H2,1-3H3,(H,20,25). The molecule has 0 saturated carbocycles. The zero-order valence-electron chi connectivity index (χ0n) is 16.0. The topological polar surface area (TPSA) is 120 Å². The number of amides is 1. The molecule has 154 valence electrons. The molecule has 0 radical (unpaired) electrons. The summed E-state index contributed by atoms with van der Waals surface area (Å²) in [6.45, 7) is 1.30. The molecular weight excluding hydrogens is 402 g/mol. The first-order valence-electron chi connectivity index (χ1n) is 8.69. The molecule has 0 fully saturated rings. The maximum absolute atomic E-state index is 12.5. The van der Waals surface area contributed by atoms with E-state index in [1.54, 1.807) is 24.3 Å². The summed E-state index contributed by atoms with van der Waals surface area (Å²) in [5.41, 5.74) is -0.175. The van der Waals surface area contributed by atoms with Crippen LogP contribution in [0, 0.1) is 0 Å². The van der Waals surface area contributed by atoms with Gasteiger partial charge in [-0.3, -0.25) is 18.7 Å². The van der Waals surface area contributed by atoms with Crippen LogP contribution in [-0.4, -0.2) is 42.4 Å². The van der Waals surface area contributed by atoms with Crippen molar-refractivity contribution in [2.75, 3.05) is 11.9 Å². The Bertz CT molecular complexity index is 1180. The number of carbonyl (C=O) groups excluding carboxylic acids is 1. The quantitative estimate of drug-likeness (QED) is 0.559. The van der Waals surface area contributed by atoms with Crippen molar-refractivity contribution in [2.45, 2.75) is 19.6 Å². The minimum absolute atomic E-state index is 0.0167. The molecule has 0 aliphatic rings. The van der Waals surface area contributed by atoms with Crippen LogP contribution in [0.2, 0.25) is 5.28 Å². The largest absolute Gasteiger partial charge is 0.491 e. The second-order valence-electron chi connectivity index (χ2n) is 6.54. The van der Waals surface area contributed by atoms with Crippen LogP contribution in [0.5, 0.6) is 5.75 Å². The second-order valence-corrected chi connectivity index (χ2v) is 6.88. The third-order valence-corrected chi connectivity index (χ3v) is 4.60. The highest BCUT2D eigenvalue weighted by molar-refractivity contribution is 6.29. The van der Waals surface area contributed by atoms with Gasteiger partial charge in [-0.05, 0) is 35.9 Å². The number of hydrogen-bond acceptors (Lipinski definition) is 6. The van der Waals surface area contributed by atoms with Gasteiger partial charge < -0.3 is 19.7 Å². The van der Waals surface area contributed by atoms with E-state index in [1.807, 2.05) is 0 Å². The summed E-state index contributed by atoms with van der Waals surface area (Å²) in [5, 5.41) is 13.0. The highest BCUT2D eigenvalue weighted by Crippen LogP contribution is 2.18. The number of fused-ring (bicyclic) bond motifs is 1. The van der Waals surface area contributed by atoms with E-state index < -0.39 is 17.4 Å². The number of aliphatic hydroxyl groups is 1. The third-order valence-electron chi connectivity index (χ3n) is 4.31. The molecule has 10 nitrogen and oxygen atoms in total. The van der Waals surface area contributed by atoms with Crippen LogP contribution in [0.3, 0.4) is 0 Å². The third kappa shape index (κ3) is 4.17. The zero-order chi connectivity index (χ0) is 21.3. The molecule has 0 aliphatic carbocycles. The average Bonchev–Trinajstić information content (AvgIpc) is 3.00. The Morgan fingerprint density at radius 2 is 1.90 bits per heavy atom. The lowest BCUT2D eigenvalue weighted by atomic mass is 10.3. The van der Waals surface area contributed by atoms with Crippen molar-refractivity contribution in [3.63, 3.8) is 0 Å². The zero-order valence-corrected chi connectivity index (χ0v) is 16.8. The summed E-state index contributed by atoms with van der Waals surface area (Å²) < 4.78 is 9.08. The number of benzene rings is 1. The predicted octanol–water partition coefficient (Wildman–Crippen LogP) is 0.485. The van der Waals surface area contributed by atoms with E-state index in [2.05, 4.69) is 10.3 Å². The number of imidazole rings is 1. The van der Waals surface area contributed by atoms with E-state index >= 15 is 0 Å². The average molecular weight is 422 g/mol. The number of halogens is 1.